The van der Waals surface area contributed by atoms with Gasteiger partial charge in [0, 0.05) is 50.6 Å². The third kappa shape index (κ3) is 4.84. The van der Waals surface area contributed by atoms with Crippen molar-refractivity contribution in [3.8, 4) is 17.1 Å². The molecule has 2 aliphatic heterocycles. The van der Waals surface area contributed by atoms with Crippen molar-refractivity contribution in [2.45, 2.75) is 44.2 Å². The Kier molecular flexibility index (Phi) is 6.19. The van der Waals surface area contributed by atoms with Crippen molar-refractivity contribution in [3.63, 3.8) is 0 Å². The van der Waals surface area contributed by atoms with Gasteiger partial charge in [-0.2, -0.15) is 4.98 Å². The molecule has 0 saturated carbocycles. The zero-order valence-electron chi connectivity index (χ0n) is 18.6. The third-order valence-electron chi connectivity index (χ3n) is 6.75. The Labute approximate surface area is 188 Å². The number of methoxy groups -OCH3 is 1. The predicted octanol–water partition coefficient (Wildman–Crippen LogP) is 4.14. The summed E-state index contributed by atoms with van der Waals surface area (Å²) in [6.45, 7) is 3.87. The first-order valence-electron chi connectivity index (χ1n) is 11.4. The number of nitrogens with zero attached hydrogens (tertiary/aromatic N) is 4. The van der Waals surface area contributed by atoms with Crippen LogP contribution in [0.3, 0.4) is 0 Å². The second-order valence-corrected chi connectivity index (χ2v) is 8.98. The first-order valence-corrected chi connectivity index (χ1v) is 11.4. The number of piperidine rings is 1. The van der Waals surface area contributed by atoms with Gasteiger partial charge < -0.3 is 14.0 Å². The normalized spacial score (nSPS) is 21.0. The molecule has 168 valence electrons. The summed E-state index contributed by atoms with van der Waals surface area (Å²) in [4.78, 5) is 11.3. The summed E-state index contributed by atoms with van der Waals surface area (Å²) in [7, 11) is 1.72. The molecule has 7 heteroatoms. The van der Waals surface area contributed by atoms with Gasteiger partial charge >= 0.3 is 0 Å². The van der Waals surface area contributed by atoms with Crippen LogP contribution in [-0.4, -0.2) is 52.4 Å². The van der Waals surface area contributed by atoms with Gasteiger partial charge in [0.05, 0.1) is 12.7 Å². The van der Waals surface area contributed by atoms with Crippen LogP contribution in [0.1, 0.15) is 37.1 Å². The minimum absolute atomic E-state index is 0.0139. The smallest absolute Gasteiger partial charge is 0.227 e. The molecule has 2 saturated heterocycles. The van der Waals surface area contributed by atoms with E-state index in [1.807, 2.05) is 18.2 Å². The van der Waals surface area contributed by atoms with Crippen molar-refractivity contribution in [1.82, 2.24) is 20.0 Å². The average molecular weight is 435 g/mol. The number of hydrogen-bond acceptors (Lipinski definition) is 7. The van der Waals surface area contributed by atoms with Crippen molar-refractivity contribution >= 4 is 0 Å². The molecule has 32 heavy (non-hydrogen) atoms. The molecule has 5 rings (SSSR count). The summed E-state index contributed by atoms with van der Waals surface area (Å²) < 4.78 is 17.3. The molecule has 0 amide bonds. The molecule has 2 fully saturated rings. The topological polar surface area (TPSA) is 73.5 Å². The van der Waals surface area contributed by atoms with E-state index in [0.717, 1.165) is 69.7 Å². The Morgan fingerprint density at radius 3 is 2.91 bits per heavy atom. The monoisotopic (exact) mass is 434 g/mol. The van der Waals surface area contributed by atoms with Crippen molar-refractivity contribution in [1.29, 1.82) is 0 Å². The van der Waals surface area contributed by atoms with E-state index in [2.05, 4.69) is 38.2 Å². The van der Waals surface area contributed by atoms with Crippen molar-refractivity contribution in [2.75, 3.05) is 26.8 Å². The summed E-state index contributed by atoms with van der Waals surface area (Å²) in [5.41, 5.74) is 2.16. The lowest BCUT2D eigenvalue weighted by Gasteiger charge is -2.46. The molecule has 0 bridgehead atoms. The van der Waals surface area contributed by atoms with E-state index in [1.54, 1.807) is 19.5 Å². The summed E-state index contributed by atoms with van der Waals surface area (Å²) in [5.74, 6) is 2.75. The fraction of sp³-hybridized carbons (Fsp3) is 0.480. The molecule has 0 radical (unpaired) electrons. The van der Waals surface area contributed by atoms with Crippen molar-refractivity contribution < 1.29 is 14.0 Å². The van der Waals surface area contributed by atoms with Gasteiger partial charge in [0.15, 0.2) is 0 Å². The maximum Gasteiger partial charge on any atom is 0.227 e. The maximum atomic E-state index is 6.36. The standard InChI is InChI=1S/C25H30N4O3/c1-30-22-6-2-4-20(14-22)18-29-11-8-25(9-12-29)16-19(7-13-31-25)15-23-27-24(28-32-23)21-5-3-10-26-17-21/h2-6,10,14,17,19H,7-9,11-13,15-16,18H2,1H3. The Bertz CT molecular complexity index is 1010. The van der Waals surface area contributed by atoms with Gasteiger partial charge in [-0.3, -0.25) is 9.88 Å². The van der Waals surface area contributed by atoms with Crippen LogP contribution in [0.15, 0.2) is 53.3 Å². The molecular weight excluding hydrogens is 404 g/mol. The van der Waals surface area contributed by atoms with Gasteiger partial charge in [-0.15, -0.1) is 0 Å². The Balaban J connectivity index is 1.16. The van der Waals surface area contributed by atoms with Gasteiger partial charge in [0.25, 0.3) is 0 Å². The van der Waals surface area contributed by atoms with E-state index in [9.17, 15) is 0 Å². The van der Waals surface area contributed by atoms with Gasteiger partial charge in [-0.1, -0.05) is 17.3 Å². The number of hydrogen-bond donors (Lipinski definition) is 0. The molecule has 0 N–H and O–H groups in total. The highest BCUT2D eigenvalue weighted by Gasteiger charge is 2.40. The molecule has 1 aromatic carbocycles. The van der Waals surface area contributed by atoms with E-state index in [4.69, 9.17) is 14.0 Å². The van der Waals surface area contributed by atoms with Gasteiger partial charge in [-0.05, 0) is 61.4 Å². The maximum absolute atomic E-state index is 6.36. The SMILES string of the molecule is COc1cccc(CN2CCC3(CC2)CC(Cc2nc(-c4cccnc4)no2)CCO3)c1. The van der Waals surface area contributed by atoms with E-state index < -0.39 is 0 Å². The number of likely N-dealkylation sites (tertiary alicyclic amines) is 1. The molecule has 0 aliphatic carbocycles. The second-order valence-electron chi connectivity index (χ2n) is 8.98. The van der Waals surface area contributed by atoms with Crippen LogP contribution in [0.25, 0.3) is 11.4 Å². The second kappa shape index (κ2) is 9.38. The zero-order valence-corrected chi connectivity index (χ0v) is 18.6. The largest absolute Gasteiger partial charge is 0.497 e. The van der Waals surface area contributed by atoms with Crippen LogP contribution in [-0.2, 0) is 17.7 Å². The highest BCUT2D eigenvalue weighted by atomic mass is 16.5. The van der Waals surface area contributed by atoms with Crippen LogP contribution < -0.4 is 4.74 Å². The van der Waals surface area contributed by atoms with Crippen LogP contribution in [0, 0.1) is 5.92 Å². The van der Waals surface area contributed by atoms with Crippen LogP contribution in [0.2, 0.25) is 0 Å². The van der Waals surface area contributed by atoms with Gasteiger partial charge in [0.2, 0.25) is 11.7 Å². The number of aromatic nitrogens is 3. The Hall–Kier alpha value is -2.77. The molecule has 2 aromatic heterocycles. The minimum Gasteiger partial charge on any atom is -0.497 e. The predicted molar refractivity (Wildman–Crippen MR) is 120 cm³/mol. The summed E-state index contributed by atoms with van der Waals surface area (Å²) in [6, 6.07) is 12.2. The minimum atomic E-state index is -0.0139. The number of benzene rings is 1. The summed E-state index contributed by atoms with van der Waals surface area (Å²) in [5, 5.41) is 4.15. The lowest BCUT2D eigenvalue weighted by molar-refractivity contribution is -0.128. The Morgan fingerprint density at radius 2 is 2.09 bits per heavy atom. The quantitative estimate of drug-likeness (QED) is 0.577. The highest BCUT2D eigenvalue weighted by Crippen LogP contribution is 2.39. The van der Waals surface area contributed by atoms with E-state index in [0.29, 0.717) is 17.6 Å². The molecule has 2 aliphatic rings. The molecule has 1 unspecified atom stereocenters. The number of pyridine rings is 1. The van der Waals surface area contributed by atoms with Gasteiger partial charge in [-0.25, -0.2) is 0 Å². The molecular formula is C25H30N4O3. The van der Waals surface area contributed by atoms with Crippen LogP contribution in [0.5, 0.6) is 5.75 Å². The van der Waals surface area contributed by atoms with Crippen LogP contribution >= 0.6 is 0 Å². The molecule has 4 heterocycles. The number of rotatable bonds is 6. The molecule has 1 spiro atoms. The fourth-order valence-electron chi connectivity index (χ4n) is 5.00. The molecule has 1 atom stereocenters. The molecule has 3 aromatic rings. The third-order valence-corrected chi connectivity index (χ3v) is 6.75. The first kappa shape index (κ1) is 21.1. The van der Waals surface area contributed by atoms with Crippen molar-refractivity contribution in [2.24, 2.45) is 5.92 Å². The summed E-state index contributed by atoms with van der Waals surface area (Å²) in [6.07, 6.45) is 8.55. The average Bonchev–Trinajstić information content (AvgIpc) is 3.30. The van der Waals surface area contributed by atoms with Gasteiger partial charge in [0.1, 0.15) is 5.75 Å². The summed E-state index contributed by atoms with van der Waals surface area (Å²) >= 11 is 0. The highest BCUT2D eigenvalue weighted by molar-refractivity contribution is 5.51. The van der Waals surface area contributed by atoms with E-state index in [1.165, 1.54) is 5.56 Å². The lowest BCUT2D eigenvalue weighted by Crippen LogP contribution is -2.49. The van der Waals surface area contributed by atoms with E-state index in [-0.39, 0.29) is 5.60 Å². The molecule has 7 nitrogen and oxygen atoms in total. The fourth-order valence-corrected chi connectivity index (χ4v) is 5.00. The van der Waals surface area contributed by atoms with E-state index >= 15 is 0 Å². The van der Waals surface area contributed by atoms with Crippen LogP contribution in [0.4, 0.5) is 0 Å². The van der Waals surface area contributed by atoms with Crippen molar-refractivity contribution in [3.05, 3.63) is 60.2 Å². The zero-order chi connectivity index (χ0) is 21.8. The first-order chi connectivity index (χ1) is 15.7. The lowest BCUT2D eigenvalue weighted by atomic mass is 9.78. The number of ether oxygens (including phenoxy) is 2. The Morgan fingerprint density at radius 1 is 1.19 bits per heavy atom.